The molecule has 1 aromatic carbocycles. The molecule has 21 heavy (non-hydrogen) atoms. The van der Waals surface area contributed by atoms with Crippen molar-refractivity contribution in [2.45, 2.75) is 4.90 Å². The van der Waals surface area contributed by atoms with Crippen LogP contribution in [0.4, 0.5) is 5.69 Å². The largest absolute Gasteiger partial charge is 0.288 e. The molecule has 0 aliphatic rings. The molecule has 106 valence electrons. The molecule has 2 heterocycles. The van der Waals surface area contributed by atoms with Gasteiger partial charge >= 0.3 is 0 Å². The summed E-state index contributed by atoms with van der Waals surface area (Å²) >= 11 is 0. The second kappa shape index (κ2) is 4.67. The molecule has 0 aliphatic carbocycles. The van der Waals surface area contributed by atoms with Gasteiger partial charge in [0.05, 0.1) is 11.2 Å². The highest BCUT2D eigenvalue weighted by molar-refractivity contribution is 7.90. The molecule has 2 aromatic heterocycles. The molecule has 3 aromatic rings. The minimum Gasteiger partial charge on any atom is -0.258 e. The Morgan fingerprint density at radius 3 is 2.62 bits per heavy atom. The lowest BCUT2D eigenvalue weighted by molar-refractivity contribution is -0.385. The second-order valence-corrected chi connectivity index (χ2v) is 6.01. The van der Waals surface area contributed by atoms with E-state index in [1.165, 1.54) is 24.4 Å². The van der Waals surface area contributed by atoms with E-state index in [1.54, 1.807) is 18.2 Å². The zero-order valence-electron chi connectivity index (χ0n) is 11.5. The quantitative estimate of drug-likeness (QED) is 0.546. The molecular weight excluding hydrogens is 294 g/mol. The van der Waals surface area contributed by atoms with Gasteiger partial charge in [-0.15, -0.1) is 0 Å². The van der Waals surface area contributed by atoms with Gasteiger partial charge in [-0.3, -0.25) is 10.1 Å². The van der Waals surface area contributed by atoms with Crippen molar-refractivity contribution < 1.29 is 14.7 Å². The lowest BCUT2D eigenvalue weighted by Crippen LogP contribution is -2.12. The van der Waals surface area contributed by atoms with Crippen LogP contribution in [0.1, 0.15) is 1.37 Å². The molecule has 8 heteroatoms. The number of pyridine rings is 1. The standard InChI is InChI=1S/C13H9N3O4S/c17-16(18)11-8-10-6-7-15(13(10)14-9-11)21(19,20)12-4-2-1-3-5-12/h1-9H/i8D. The predicted octanol–water partition coefficient (Wildman–Crippen LogP) is 2.18. The van der Waals surface area contributed by atoms with Crippen LogP contribution in [0, 0.1) is 10.1 Å². The van der Waals surface area contributed by atoms with Crippen LogP contribution in [0.2, 0.25) is 0 Å². The summed E-state index contributed by atoms with van der Waals surface area (Å²) in [5.41, 5.74) is -0.484. The number of hydrogen-bond donors (Lipinski definition) is 0. The Bertz CT molecular complexity index is 983. The molecule has 0 fully saturated rings. The predicted molar refractivity (Wildman–Crippen MR) is 75.4 cm³/mol. The fraction of sp³-hybridized carbons (Fsp3) is 0. The average Bonchev–Trinajstić information content (AvgIpc) is 2.93. The molecule has 0 saturated carbocycles. The summed E-state index contributed by atoms with van der Waals surface area (Å²) in [7, 11) is -3.87. The Hall–Kier alpha value is -2.74. The summed E-state index contributed by atoms with van der Waals surface area (Å²) in [4.78, 5) is 14.0. The fourth-order valence-corrected chi connectivity index (χ4v) is 3.24. The van der Waals surface area contributed by atoms with Crippen LogP contribution in [0.5, 0.6) is 0 Å². The van der Waals surface area contributed by atoms with Gasteiger partial charge in [0, 0.05) is 17.6 Å². The fourth-order valence-electron chi connectivity index (χ4n) is 1.92. The first-order valence-electron chi connectivity index (χ1n) is 6.34. The van der Waals surface area contributed by atoms with E-state index >= 15 is 0 Å². The number of rotatable bonds is 3. The normalized spacial score (nSPS) is 12.3. The zero-order valence-corrected chi connectivity index (χ0v) is 11.3. The molecule has 7 nitrogen and oxygen atoms in total. The molecule has 0 amide bonds. The first-order chi connectivity index (χ1) is 10.4. The van der Waals surface area contributed by atoms with E-state index in [1.807, 2.05) is 0 Å². The first-order valence-corrected chi connectivity index (χ1v) is 7.28. The minimum atomic E-state index is -3.87. The van der Waals surface area contributed by atoms with Gasteiger partial charge in [-0.05, 0) is 18.2 Å². The first kappa shape index (κ1) is 12.0. The van der Waals surface area contributed by atoms with Crippen molar-refractivity contribution in [1.82, 2.24) is 8.96 Å². The highest BCUT2D eigenvalue weighted by Crippen LogP contribution is 2.23. The van der Waals surface area contributed by atoms with Crippen molar-refractivity contribution in [3.63, 3.8) is 0 Å². The topological polar surface area (TPSA) is 95.1 Å². The summed E-state index contributed by atoms with van der Waals surface area (Å²) in [6, 6.07) is 8.72. The Morgan fingerprint density at radius 1 is 1.24 bits per heavy atom. The molecule has 0 spiro atoms. The highest BCUT2D eigenvalue weighted by atomic mass is 32.2. The van der Waals surface area contributed by atoms with Crippen molar-refractivity contribution in [1.29, 1.82) is 0 Å². The van der Waals surface area contributed by atoms with E-state index in [9.17, 15) is 18.5 Å². The number of hydrogen-bond acceptors (Lipinski definition) is 5. The van der Waals surface area contributed by atoms with Gasteiger partial charge in [0.15, 0.2) is 5.65 Å². The van der Waals surface area contributed by atoms with Gasteiger partial charge in [-0.1, -0.05) is 18.2 Å². The lowest BCUT2D eigenvalue weighted by Gasteiger charge is -2.06. The molecule has 0 N–H and O–H groups in total. The van der Waals surface area contributed by atoms with Gasteiger partial charge in [0.2, 0.25) is 0 Å². The summed E-state index contributed by atoms with van der Waals surface area (Å²) in [5.74, 6) is 0. The number of fused-ring (bicyclic) bond motifs is 1. The van der Waals surface area contributed by atoms with Crippen molar-refractivity contribution in [3.05, 3.63) is 64.9 Å². The summed E-state index contributed by atoms with van der Waals surface area (Å²) in [6.45, 7) is 0. The SMILES string of the molecule is [2H]c1c([N+](=O)[O-])cnc2c1ccn2S(=O)(=O)c1ccccc1. The highest BCUT2D eigenvalue weighted by Gasteiger charge is 2.20. The van der Waals surface area contributed by atoms with Crippen LogP contribution < -0.4 is 0 Å². The van der Waals surface area contributed by atoms with Gasteiger partial charge in [-0.25, -0.2) is 17.4 Å². The number of nitrogens with zero attached hydrogens (tertiary/aromatic N) is 3. The molecule has 0 atom stereocenters. The van der Waals surface area contributed by atoms with Gasteiger partial charge < -0.3 is 0 Å². The van der Waals surface area contributed by atoms with Crippen LogP contribution in [-0.2, 0) is 10.0 Å². The molecule has 0 unspecified atom stereocenters. The van der Waals surface area contributed by atoms with E-state index in [4.69, 9.17) is 1.37 Å². The van der Waals surface area contributed by atoms with E-state index in [0.717, 1.165) is 10.2 Å². The number of aromatic nitrogens is 2. The molecule has 0 bridgehead atoms. The third kappa shape index (κ3) is 2.15. The zero-order chi connectivity index (χ0) is 15.9. The summed E-state index contributed by atoms with van der Waals surface area (Å²) in [5, 5.41) is 10.9. The van der Waals surface area contributed by atoms with E-state index < -0.39 is 20.6 Å². The monoisotopic (exact) mass is 304 g/mol. The van der Waals surface area contributed by atoms with E-state index in [0.29, 0.717) is 0 Å². The van der Waals surface area contributed by atoms with Crippen LogP contribution in [0.25, 0.3) is 11.0 Å². The molecule has 0 aliphatic heterocycles. The van der Waals surface area contributed by atoms with Crippen LogP contribution in [0.15, 0.2) is 59.7 Å². The van der Waals surface area contributed by atoms with Gasteiger partial charge in [0.1, 0.15) is 6.20 Å². The van der Waals surface area contributed by atoms with Crippen LogP contribution in [-0.4, -0.2) is 22.3 Å². The third-order valence-electron chi connectivity index (χ3n) is 2.89. The molecule has 3 rings (SSSR count). The summed E-state index contributed by atoms with van der Waals surface area (Å²) < 4.78 is 33.9. The van der Waals surface area contributed by atoms with E-state index in [2.05, 4.69) is 4.98 Å². The minimum absolute atomic E-state index is 0.0144. The smallest absolute Gasteiger partial charge is 0.258 e. The second-order valence-electron chi connectivity index (χ2n) is 4.19. The molecule has 0 saturated heterocycles. The maximum absolute atomic E-state index is 12.6. The van der Waals surface area contributed by atoms with E-state index in [-0.39, 0.29) is 22.0 Å². The molecular formula is C13H9N3O4S. The maximum atomic E-state index is 12.6. The summed E-state index contributed by atoms with van der Waals surface area (Å²) in [6.07, 6.45) is 2.13. The van der Waals surface area contributed by atoms with Crippen molar-refractivity contribution in [3.8, 4) is 0 Å². The average molecular weight is 304 g/mol. The maximum Gasteiger partial charge on any atom is 0.288 e. The van der Waals surface area contributed by atoms with Crippen molar-refractivity contribution >= 4 is 26.7 Å². The van der Waals surface area contributed by atoms with Gasteiger partial charge in [-0.2, -0.15) is 0 Å². The van der Waals surface area contributed by atoms with Gasteiger partial charge in [0.25, 0.3) is 15.7 Å². The number of nitro groups is 1. The van der Waals surface area contributed by atoms with Crippen molar-refractivity contribution in [2.75, 3.05) is 0 Å². The lowest BCUT2D eigenvalue weighted by atomic mass is 10.3. The Morgan fingerprint density at radius 2 is 1.95 bits per heavy atom. The Balaban J connectivity index is 2.26. The van der Waals surface area contributed by atoms with Crippen LogP contribution in [0.3, 0.4) is 0 Å². The van der Waals surface area contributed by atoms with Crippen LogP contribution >= 0.6 is 0 Å². The molecule has 0 radical (unpaired) electrons. The third-order valence-corrected chi connectivity index (χ3v) is 4.58. The Labute approximate surface area is 121 Å². The Kier molecular flexibility index (Phi) is 2.68. The van der Waals surface area contributed by atoms with Crippen molar-refractivity contribution in [2.24, 2.45) is 0 Å². The number of benzene rings is 1.